The van der Waals surface area contributed by atoms with Gasteiger partial charge in [-0.25, -0.2) is 9.98 Å². The molecule has 15 heavy (non-hydrogen) atoms. The van der Waals surface area contributed by atoms with Crippen molar-refractivity contribution in [2.45, 2.75) is 6.92 Å². The number of oxazole rings is 1. The molecule has 0 bridgehead atoms. The molecule has 0 aliphatic rings. The van der Waals surface area contributed by atoms with E-state index in [4.69, 9.17) is 21.8 Å². The van der Waals surface area contributed by atoms with Gasteiger partial charge in [0.15, 0.2) is 11.5 Å². The molecule has 0 spiro atoms. The smallest absolute Gasteiger partial charge is 0.192 e. The fourth-order valence-corrected chi connectivity index (χ4v) is 1.36. The van der Waals surface area contributed by atoms with Gasteiger partial charge in [-0.1, -0.05) is 0 Å². The van der Waals surface area contributed by atoms with Crippen LogP contribution >= 0.6 is 11.6 Å². The number of aryl methyl sites for hydroxylation is 1. The molecule has 0 fully saturated rings. The Balaban J connectivity index is 2.46. The molecule has 78 valence electrons. The number of rotatable bonds is 2. The van der Waals surface area contributed by atoms with Crippen LogP contribution in [0, 0.1) is 6.92 Å². The van der Waals surface area contributed by atoms with E-state index < -0.39 is 0 Å². The maximum absolute atomic E-state index is 5.53. The summed E-state index contributed by atoms with van der Waals surface area (Å²) in [6.45, 7) is 1.80. The van der Waals surface area contributed by atoms with Crippen LogP contribution in [0.4, 0.5) is 5.69 Å². The molecule has 2 N–H and O–H groups in total. The number of aromatic nitrogens is 1. The van der Waals surface area contributed by atoms with Crippen LogP contribution in [-0.4, -0.2) is 16.7 Å². The van der Waals surface area contributed by atoms with E-state index in [-0.39, 0.29) is 5.88 Å². The van der Waals surface area contributed by atoms with Crippen LogP contribution < -0.4 is 5.73 Å². The molecular formula is C10H10ClN3O. The standard InChI is InChI=1S/C10H10ClN3O/c1-6-13-8-4-7(14-10(12)5-11)2-3-9(8)15-6/h2-4H,5H2,1H3,(H2,12,14). The van der Waals surface area contributed by atoms with Gasteiger partial charge in [0.1, 0.15) is 11.4 Å². The molecule has 2 aromatic rings. The molecule has 0 saturated heterocycles. The van der Waals surface area contributed by atoms with E-state index in [1.165, 1.54) is 0 Å². The molecule has 0 aliphatic heterocycles. The van der Waals surface area contributed by atoms with Gasteiger partial charge in [0.05, 0.1) is 11.6 Å². The first-order valence-electron chi connectivity index (χ1n) is 4.45. The van der Waals surface area contributed by atoms with Gasteiger partial charge in [0, 0.05) is 6.92 Å². The predicted octanol–water partition coefficient (Wildman–Crippen LogP) is 2.36. The Hall–Kier alpha value is -1.55. The lowest BCUT2D eigenvalue weighted by Crippen LogP contribution is -2.12. The second-order valence-corrected chi connectivity index (χ2v) is 3.39. The SMILES string of the molecule is Cc1nc2cc(N=C(N)CCl)ccc2o1. The van der Waals surface area contributed by atoms with Crippen molar-refractivity contribution in [1.82, 2.24) is 4.98 Å². The van der Waals surface area contributed by atoms with Crippen LogP contribution in [0.5, 0.6) is 0 Å². The lowest BCUT2D eigenvalue weighted by molar-refractivity contribution is 0.561. The summed E-state index contributed by atoms with van der Waals surface area (Å²) in [5.74, 6) is 1.24. The van der Waals surface area contributed by atoms with Crippen molar-refractivity contribution < 1.29 is 4.42 Å². The highest BCUT2D eigenvalue weighted by molar-refractivity contribution is 6.28. The van der Waals surface area contributed by atoms with Crippen LogP contribution in [0.3, 0.4) is 0 Å². The van der Waals surface area contributed by atoms with Gasteiger partial charge in [-0.15, -0.1) is 11.6 Å². The Morgan fingerprint density at radius 2 is 2.40 bits per heavy atom. The molecule has 1 aromatic carbocycles. The first kappa shape index (κ1) is 9.98. The average molecular weight is 224 g/mol. The van der Waals surface area contributed by atoms with Crippen LogP contribution in [0.15, 0.2) is 27.6 Å². The van der Waals surface area contributed by atoms with Crippen molar-refractivity contribution in [3.63, 3.8) is 0 Å². The highest BCUT2D eigenvalue weighted by atomic mass is 35.5. The normalized spacial score (nSPS) is 12.3. The summed E-state index contributed by atoms with van der Waals surface area (Å²) in [5.41, 5.74) is 7.78. The lowest BCUT2D eigenvalue weighted by Gasteiger charge is -1.95. The molecule has 1 aromatic heterocycles. The average Bonchev–Trinajstić information content (AvgIpc) is 2.57. The summed E-state index contributed by atoms with van der Waals surface area (Å²) in [6, 6.07) is 5.44. The minimum atomic E-state index is 0.218. The molecule has 0 radical (unpaired) electrons. The highest BCUT2D eigenvalue weighted by Crippen LogP contribution is 2.21. The molecule has 0 unspecified atom stereocenters. The fourth-order valence-electron chi connectivity index (χ4n) is 1.30. The van der Waals surface area contributed by atoms with Crippen molar-refractivity contribution in [3.8, 4) is 0 Å². The van der Waals surface area contributed by atoms with Gasteiger partial charge in [0.25, 0.3) is 0 Å². The van der Waals surface area contributed by atoms with Gasteiger partial charge in [-0.2, -0.15) is 0 Å². The van der Waals surface area contributed by atoms with Crippen LogP contribution in [-0.2, 0) is 0 Å². The summed E-state index contributed by atoms with van der Waals surface area (Å²) in [7, 11) is 0. The van der Waals surface area contributed by atoms with Gasteiger partial charge >= 0.3 is 0 Å². The van der Waals surface area contributed by atoms with E-state index in [1.54, 1.807) is 6.92 Å². The van der Waals surface area contributed by atoms with E-state index in [1.807, 2.05) is 18.2 Å². The molecule has 4 nitrogen and oxygen atoms in total. The van der Waals surface area contributed by atoms with Gasteiger partial charge in [-0.05, 0) is 18.2 Å². The fraction of sp³-hybridized carbons (Fsp3) is 0.200. The maximum Gasteiger partial charge on any atom is 0.192 e. The first-order chi connectivity index (χ1) is 7.19. The van der Waals surface area contributed by atoms with Crippen molar-refractivity contribution >= 4 is 34.2 Å². The van der Waals surface area contributed by atoms with E-state index in [2.05, 4.69) is 9.98 Å². The zero-order chi connectivity index (χ0) is 10.8. The molecular weight excluding hydrogens is 214 g/mol. The Morgan fingerprint density at radius 3 is 3.13 bits per heavy atom. The minimum Gasteiger partial charge on any atom is -0.441 e. The van der Waals surface area contributed by atoms with E-state index in [0.29, 0.717) is 11.7 Å². The van der Waals surface area contributed by atoms with E-state index >= 15 is 0 Å². The minimum absolute atomic E-state index is 0.218. The van der Waals surface area contributed by atoms with Gasteiger partial charge in [0.2, 0.25) is 0 Å². The number of alkyl halides is 1. The summed E-state index contributed by atoms with van der Waals surface area (Å²) >= 11 is 5.53. The highest BCUT2D eigenvalue weighted by Gasteiger charge is 2.02. The van der Waals surface area contributed by atoms with Gasteiger partial charge < -0.3 is 10.2 Å². The van der Waals surface area contributed by atoms with Crippen LogP contribution in [0.1, 0.15) is 5.89 Å². The van der Waals surface area contributed by atoms with Crippen molar-refractivity contribution in [1.29, 1.82) is 0 Å². The molecule has 1 heterocycles. The quantitative estimate of drug-likeness (QED) is 0.483. The first-order valence-corrected chi connectivity index (χ1v) is 4.98. The number of amidine groups is 1. The molecule has 0 amide bonds. The number of hydrogen-bond donors (Lipinski definition) is 1. The van der Waals surface area contributed by atoms with E-state index in [9.17, 15) is 0 Å². The summed E-state index contributed by atoms with van der Waals surface area (Å²) in [6.07, 6.45) is 0. The number of aliphatic imine (C=N–C) groups is 1. The third kappa shape index (κ3) is 2.10. The monoisotopic (exact) mass is 223 g/mol. The van der Waals surface area contributed by atoms with Crippen molar-refractivity contribution in [3.05, 3.63) is 24.1 Å². The van der Waals surface area contributed by atoms with Crippen LogP contribution in [0.25, 0.3) is 11.1 Å². The number of halogens is 1. The number of nitrogens with zero attached hydrogens (tertiary/aromatic N) is 2. The Morgan fingerprint density at radius 1 is 1.60 bits per heavy atom. The van der Waals surface area contributed by atoms with E-state index in [0.717, 1.165) is 16.8 Å². The zero-order valence-electron chi connectivity index (χ0n) is 8.20. The molecule has 2 rings (SSSR count). The number of nitrogens with two attached hydrogens (primary N) is 1. The Labute approximate surface area is 91.8 Å². The van der Waals surface area contributed by atoms with Crippen LogP contribution in [0.2, 0.25) is 0 Å². The second-order valence-electron chi connectivity index (χ2n) is 3.12. The largest absolute Gasteiger partial charge is 0.441 e. The molecule has 0 atom stereocenters. The van der Waals surface area contributed by atoms with Crippen molar-refractivity contribution in [2.24, 2.45) is 10.7 Å². The summed E-state index contributed by atoms with van der Waals surface area (Å²) < 4.78 is 5.34. The van der Waals surface area contributed by atoms with Crippen molar-refractivity contribution in [2.75, 3.05) is 5.88 Å². The maximum atomic E-state index is 5.53. The van der Waals surface area contributed by atoms with Gasteiger partial charge in [-0.3, -0.25) is 0 Å². The second kappa shape index (κ2) is 3.90. The lowest BCUT2D eigenvalue weighted by atomic mass is 10.3. The predicted molar refractivity (Wildman–Crippen MR) is 60.7 cm³/mol. The molecule has 0 saturated carbocycles. The number of hydrogen-bond acceptors (Lipinski definition) is 3. The Kier molecular flexibility index (Phi) is 2.60. The zero-order valence-corrected chi connectivity index (χ0v) is 8.95. The third-order valence-corrected chi connectivity index (χ3v) is 2.16. The molecule has 5 heteroatoms. The topological polar surface area (TPSA) is 64.4 Å². The summed E-state index contributed by atoms with van der Waals surface area (Å²) in [4.78, 5) is 8.31. The third-order valence-electron chi connectivity index (χ3n) is 1.89. The number of benzene rings is 1. The Bertz CT molecular complexity index is 518. The summed E-state index contributed by atoms with van der Waals surface area (Å²) in [5, 5.41) is 0. The number of fused-ring (bicyclic) bond motifs is 1. The molecule has 0 aliphatic carbocycles.